The summed E-state index contributed by atoms with van der Waals surface area (Å²) in [5, 5.41) is 6.08. The van der Waals surface area contributed by atoms with Crippen molar-refractivity contribution in [1.82, 2.24) is 10.3 Å². The number of pyridine rings is 1. The Morgan fingerprint density at radius 3 is 2.62 bits per heavy atom. The maximum Gasteiger partial charge on any atom is 0.251 e. The van der Waals surface area contributed by atoms with Crippen LogP contribution in [0, 0.1) is 0 Å². The molecule has 1 aliphatic rings. The zero-order chi connectivity index (χ0) is 15.6. The van der Waals surface area contributed by atoms with Crippen molar-refractivity contribution < 1.29 is 9.53 Å². The first-order valence-corrected chi connectivity index (χ1v) is 7.44. The summed E-state index contributed by atoms with van der Waals surface area (Å²) in [7, 11) is 1.81. The van der Waals surface area contributed by atoms with Gasteiger partial charge in [0.15, 0.2) is 0 Å². The molecule has 0 radical (unpaired) electrons. The molecule has 5 nitrogen and oxygen atoms in total. The third-order valence-corrected chi connectivity index (χ3v) is 3.80. The first-order valence-electron chi connectivity index (χ1n) is 7.44. The number of nitrogens with zero attached hydrogens (tertiary/aromatic N) is 1. The van der Waals surface area contributed by atoms with Crippen molar-refractivity contribution >= 4 is 11.7 Å². The van der Waals surface area contributed by atoms with Gasteiger partial charge in [-0.05, 0) is 25.5 Å². The van der Waals surface area contributed by atoms with E-state index in [1.807, 2.05) is 20.0 Å². The fraction of sp³-hybridized carbons (Fsp3) is 0.625. The molecule has 1 amide bonds. The Bertz CT molecular complexity index is 523. The molecule has 2 heterocycles. The molecule has 0 aliphatic carbocycles. The molecular formula is C16H25N3O2. The predicted molar refractivity (Wildman–Crippen MR) is 83.8 cm³/mol. The number of rotatable bonds is 3. The molecular weight excluding hydrogens is 266 g/mol. The number of carbonyl (C=O) groups is 1. The molecule has 0 saturated carbocycles. The Kier molecular flexibility index (Phi) is 4.52. The van der Waals surface area contributed by atoms with Crippen LogP contribution in [0.25, 0.3) is 0 Å². The number of hydrogen-bond donors (Lipinski definition) is 2. The van der Waals surface area contributed by atoms with Crippen LogP contribution >= 0.6 is 0 Å². The Hall–Kier alpha value is -1.62. The van der Waals surface area contributed by atoms with Crippen molar-refractivity contribution in [2.45, 2.75) is 51.7 Å². The van der Waals surface area contributed by atoms with Crippen LogP contribution in [-0.2, 0) is 10.2 Å². The number of hydrogen-bond acceptors (Lipinski definition) is 4. The molecule has 2 rings (SSSR count). The largest absolute Gasteiger partial charge is 0.376 e. The van der Waals surface area contributed by atoms with Crippen LogP contribution < -0.4 is 10.6 Å². The average molecular weight is 291 g/mol. The number of amides is 1. The van der Waals surface area contributed by atoms with Crippen molar-refractivity contribution in [3.63, 3.8) is 0 Å². The lowest BCUT2D eigenvalue weighted by atomic mass is 9.90. The summed E-state index contributed by atoms with van der Waals surface area (Å²) in [4.78, 5) is 17.0. The molecule has 0 spiro atoms. The van der Waals surface area contributed by atoms with Gasteiger partial charge in [0.2, 0.25) is 0 Å². The standard InChI is InChI=1S/C16H25N3O2/c1-10-12(6-7-21-10)18-15(20)11-8-13(16(2,3)4)19-14(9-11)17-5/h8-10,12H,6-7H2,1-5H3,(H,17,19)(H,18,20). The van der Waals surface area contributed by atoms with E-state index in [1.165, 1.54) is 0 Å². The first kappa shape index (κ1) is 15.8. The van der Waals surface area contributed by atoms with E-state index >= 15 is 0 Å². The molecule has 0 bridgehead atoms. The number of carbonyl (C=O) groups excluding carboxylic acids is 1. The second-order valence-electron chi connectivity index (χ2n) is 6.57. The summed E-state index contributed by atoms with van der Waals surface area (Å²) in [6, 6.07) is 3.74. The molecule has 2 unspecified atom stereocenters. The monoisotopic (exact) mass is 291 g/mol. The van der Waals surface area contributed by atoms with Crippen LogP contribution in [0.5, 0.6) is 0 Å². The van der Waals surface area contributed by atoms with Crippen LogP contribution in [0.4, 0.5) is 5.82 Å². The van der Waals surface area contributed by atoms with Crippen molar-refractivity contribution in [3.05, 3.63) is 23.4 Å². The predicted octanol–water partition coefficient (Wildman–Crippen LogP) is 2.33. The smallest absolute Gasteiger partial charge is 0.251 e. The highest BCUT2D eigenvalue weighted by Crippen LogP contribution is 2.23. The fourth-order valence-electron chi connectivity index (χ4n) is 2.35. The number of ether oxygens (including phenoxy) is 1. The van der Waals surface area contributed by atoms with Gasteiger partial charge in [0.1, 0.15) is 5.82 Å². The lowest BCUT2D eigenvalue weighted by Crippen LogP contribution is -2.39. The Balaban J connectivity index is 2.23. The zero-order valence-corrected chi connectivity index (χ0v) is 13.5. The molecule has 1 aromatic heterocycles. The minimum Gasteiger partial charge on any atom is -0.376 e. The summed E-state index contributed by atoms with van der Waals surface area (Å²) in [5.74, 6) is 0.644. The van der Waals surface area contributed by atoms with Gasteiger partial charge in [-0.2, -0.15) is 0 Å². The van der Waals surface area contributed by atoms with Crippen LogP contribution in [0.15, 0.2) is 12.1 Å². The number of aromatic nitrogens is 1. The molecule has 1 aliphatic heterocycles. The first-order chi connectivity index (χ1) is 9.81. The quantitative estimate of drug-likeness (QED) is 0.897. The Morgan fingerprint density at radius 1 is 1.38 bits per heavy atom. The van der Waals surface area contributed by atoms with Gasteiger partial charge in [0.05, 0.1) is 12.1 Å². The van der Waals surface area contributed by atoms with E-state index in [0.29, 0.717) is 18.0 Å². The summed E-state index contributed by atoms with van der Waals surface area (Å²) in [6.07, 6.45) is 0.935. The number of nitrogens with one attached hydrogen (secondary N) is 2. The van der Waals surface area contributed by atoms with Crippen molar-refractivity contribution in [3.8, 4) is 0 Å². The maximum atomic E-state index is 12.5. The van der Waals surface area contributed by atoms with Gasteiger partial charge in [-0.15, -0.1) is 0 Å². The van der Waals surface area contributed by atoms with Crippen molar-refractivity contribution in [2.24, 2.45) is 0 Å². The maximum absolute atomic E-state index is 12.5. The summed E-state index contributed by atoms with van der Waals surface area (Å²) >= 11 is 0. The van der Waals surface area contributed by atoms with Crippen LogP contribution in [0.3, 0.4) is 0 Å². The lowest BCUT2D eigenvalue weighted by Gasteiger charge is -2.21. The molecule has 2 N–H and O–H groups in total. The molecule has 1 fully saturated rings. The van der Waals surface area contributed by atoms with Gasteiger partial charge in [0, 0.05) is 30.3 Å². The molecule has 1 saturated heterocycles. The van der Waals surface area contributed by atoms with Gasteiger partial charge < -0.3 is 15.4 Å². The van der Waals surface area contributed by atoms with E-state index < -0.39 is 0 Å². The Morgan fingerprint density at radius 2 is 2.10 bits per heavy atom. The highest BCUT2D eigenvalue weighted by atomic mass is 16.5. The second-order valence-corrected chi connectivity index (χ2v) is 6.57. The van der Waals surface area contributed by atoms with Crippen molar-refractivity contribution in [1.29, 1.82) is 0 Å². The van der Waals surface area contributed by atoms with Crippen LogP contribution in [0.1, 0.15) is 50.2 Å². The van der Waals surface area contributed by atoms with Crippen LogP contribution in [-0.4, -0.2) is 36.7 Å². The van der Waals surface area contributed by atoms with E-state index in [-0.39, 0.29) is 23.5 Å². The minimum absolute atomic E-state index is 0.0678. The van der Waals surface area contributed by atoms with E-state index in [2.05, 4.69) is 36.4 Å². The van der Waals surface area contributed by atoms with Gasteiger partial charge in [-0.1, -0.05) is 20.8 Å². The van der Waals surface area contributed by atoms with E-state index in [0.717, 1.165) is 12.1 Å². The zero-order valence-electron chi connectivity index (χ0n) is 13.5. The van der Waals surface area contributed by atoms with Gasteiger partial charge in [-0.3, -0.25) is 4.79 Å². The summed E-state index contributed by atoms with van der Waals surface area (Å²) < 4.78 is 5.49. The summed E-state index contributed by atoms with van der Waals surface area (Å²) in [5.41, 5.74) is 1.43. The van der Waals surface area contributed by atoms with E-state index in [1.54, 1.807) is 6.07 Å². The molecule has 2 atom stereocenters. The molecule has 1 aromatic rings. The van der Waals surface area contributed by atoms with Gasteiger partial charge in [0.25, 0.3) is 5.91 Å². The molecule has 5 heteroatoms. The second kappa shape index (κ2) is 6.02. The third kappa shape index (κ3) is 3.73. The SMILES string of the molecule is CNc1cc(C(=O)NC2CCOC2C)cc(C(C)(C)C)n1. The lowest BCUT2D eigenvalue weighted by molar-refractivity contribution is 0.0866. The highest BCUT2D eigenvalue weighted by Gasteiger charge is 2.27. The molecule has 116 valence electrons. The van der Waals surface area contributed by atoms with Crippen molar-refractivity contribution in [2.75, 3.05) is 19.0 Å². The third-order valence-electron chi connectivity index (χ3n) is 3.80. The van der Waals surface area contributed by atoms with Crippen LogP contribution in [0.2, 0.25) is 0 Å². The molecule has 21 heavy (non-hydrogen) atoms. The van der Waals surface area contributed by atoms with Gasteiger partial charge in [-0.25, -0.2) is 4.98 Å². The summed E-state index contributed by atoms with van der Waals surface area (Å²) in [6.45, 7) is 8.96. The van der Waals surface area contributed by atoms with Gasteiger partial charge >= 0.3 is 0 Å². The fourth-order valence-corrected chi connectivity index (χ4v) is 2.35. The normalized spacial score (nSPS) is 22.1. The van der Waals surface area contributed by atoms with E-state index in [4.69, 9.17) is 4.74 Å². The highest BCUT2D eigenvalue weighted by molar-refractivity contribution is 5.95. The minimum atomic E-state index is -0.106. The molecule has 0 aromatic carbocycles. The van der Waals surface area contributed by atoms with E-state index in [9.17, 15) is 4.79 Å². The Labute approximate surface area is 126 Å². The number of anilines is 1. The average Bonchev–Trinajstić information content (AvgIpc) is 2.82. The topological polar surface area (TPSA) is 63.2 Å².